The van der Waals surface area contributed by atoms with Crippen LogP contribution < -0.4 is 10.1 Å². The van der Waals surface area contributed by atoms with Gasteiger partial charge in [-0.2, -0.15) is 0 Å². The largest absolute Gasteiger partial charge is 0.457 e. The second-order valence-electron chi connectivity index (χ2n) is 5.84. The maximum Gasteiger partial charge on any atom is 0.127 e. The van der Waals surface area contributed by atoms with Crippen LogP contribution in [-0.2, 0) is 0 Å². The summed E-state index contributed by atoms with van der Waals surface area (Å²) in [6, 6.07) is 26.4. The highest BCUT2D eigenvalue weighted by atomic mass is 16.5. The topological polar surface area (TPSA) is 21.3 Å². The summed E-state index contributed by atoms with van der Waals surface area (Å²) in [5.74, 6) is 2.23. The summed E-state index contributed by atoms with van der Waals surface area (Å²) in [5, 5.41) is 3.36. The third-order valence-corrected chi connectivity index (χ3v) is 3.70. The molecule has 3 aromatic carbocycles. The highest BCUT2D eigenvalue weighted by Gasteiger charge is 2.01. The molecule has 1 N–H and O–H groups in total. The van der Waals surface area contributed by atoms with Crippen LogP contribution in [0.2, 0.25) is 0 Å². The van der Waals surface area contributed by atoms with E-state index in [4.69, 9.17) is 4.74 Å². The molecule has 0 aliphatic heterocycles. The number of rotatable bonds is 5. The van der Waals surface area contributed by atoms with E-state index >= 15 is 0 Å². The fourth-order valence-corrected chi connectivity index (χ4v) is 2.35. The average molecular weight is 303 g/mol. The summed E-state index contributed by atoms with van der Waals surface area (Å²) >= 11 is 0. The standard InChI is InChI=1S/C21H21NO/c1-16(2)17-8-12-20(13-9-17)23-21-14-10-19(11-15-21)22-18-6-4-3-5-7-18/h3-16,22H,1-2H3. The molecule has 0 heterocycles. The van der Waals surface area contributed by atoms with Crippen LogP contribution >= 0.6 is 0 Å². The van der Waals surface area contributed by atoms with Crippen molar-refractivity contribution >= 4 is 11.4 Å². The number of ether oxygens (including phenoxy) is 1. The zero-order valence-corrected chi connectivity index (χ0v) is 13.5. The Kier molecular flexibility index (Phi) is 4.62. The van der Waals surface area contributed by atoms with Gasteiger partial charge in [-0.1, -0.05) is 44.2 Å². The van der Waals surface area contributed by atoms with Gasteiger partial charge in [-0.15, -0.1) is 0 Å². The molecule has 2 nitrogen and oxygen atoms in total. The second kappa shape index (κ2) is 7.01. The Morgan fingerprint density at radius 3 is 1.74 bits per heavy atom. The van der Waals surface area contributed by atoms with E-state index in [1.54, 1.807) is 0 Å². The predicted octanol–water partition coefficient (Wildman–Crippen LogP) is 6.35. The molecule has 23 heavy (non-hydrogen) atoms. The third kappa shape index (κ3) is 4.13. The van der Waals surface area contributed by atoms with Gasteiger partial charge in [0.2, 0.25) is 0 Å². The maximum absolute atomic E-state index is 5.89. The molecule has 0 aliphatic carbocycles. The molecular formula is C21H21NO. The van der Waals surface area contributed by atoms with Gasteiger partial charge in [0.05, 0.1) is 0 Å². The number of hydrogen-bond acceptors (Lipinski definition) is 2. The number of anilines is 2. The summed E-state index contributed by atoms with van der Waals surface area (Å²) in [6.45, 7) is 4.38. The van der Waals surface area contributed by atoms with Gasteiger partial charge in [-0.3, -0.25) is 0 Å². The highest BCUT2D eigenvalue weighted by Crippen LogP contribution is 2.26. The zero-order valence-electron chi connectivity index (χ0n) is 13.5. The van der Waals surface area contributed by atoms with Crippen LogP contribution in [0.15, 0.2) is 78.9 Å². The van der Waals surface area contributed by atoms with Crippen molar-refractivity contribution in [1.82, 2.24) is 0 Å². The van der Waals surface area contributed by atoms with E-state index < -0.39 is 0 Å². The summed E-state index contributed by atoms with van der Waals surface area (Å²) < 4.78 is 5.89. The average Bonchev–Trinajstić information content (AvgIpc) is 2.58. The molecule has 0 saturated carbocycles. The molecule has 0 atom stereocenters. The van der Waals surface area contributed by atoms with Crippen LogP contribution in [0.5, 0.6) is 11.5 Å². The lowest BCUT2D eigenvalue weighted by Gasteiger charge is -2.10. The Bertz CT molecular complexity index is 731. The first kappa shape index (κ1) is 15.2. The molecule has 3 aromatic rings. The summed E-state index contributed by atoms with van der Waals surface area (Å²) in [4.78, 5) is 0. The Hall–Kier alpha value is -2.74. The SMILES string of the molecule is CC(C)c1ccc(Oc2ccc(Nc3ccccc3)cc2)cc1. The first-order chi connectivity index (χ1) is 11.2. The quantitative estimate of drug-likeness (QED) is 0.593. The van der Waals surface area contributed by atoms with Crippen molar-refractivity contribution in [2.24, 2.45) is 0 Å². The lowest BCUT2D eigenvalue weighted by Crippen LogP contribution is -1.90. The Morgan fingerprint density at radius 2 is 1.17 bits per heavy atom. The van der Waals surface area contributed by atoms with E-state index in [9.17, 15) is 0 Å². The lowest BCUT2D eigenvalue weighted by molar-refractivity contribution is 0.482. The molecular weight excluding hydrogens is 282 g/mol. The van der Waals surface area contributed by atoms with E-state index in [2.05, 4.69) is 31.3 Å². The van der Waals surface area contributed by atoms with Crippen LogP contribution in [0.4, 0.5) is 11.4 Å². The van der Waals surface area contributed by atoms with Gasteiger partial charge in [-0.25, -0.2) is 0 Å². The van der Waals surface area contributed by atoms with E-state index in [0.29, 0.717) is 5.92 Å². The van der Waals surface area contributed by atoms with Crippen molar-refractivity contribution in [3.8, 4) is 11.5 Å². The van der Waals surface area contributed by atoms with Crippen molar-refractivity contribution in [2.75, 3.05) is 5.32 Å². The van der Waals surface area contributed by atoms with E-state index in [1.165, 1.54) is 5.56 Å². The third-order valence-electron chi connectivity index (χ3n) is 3.70. The van der Waals surface area contributed by atoms with Gasteiger partial charge >= 0.3 is 0 Å². The number of hydrogen-bond donors (Lipinski definition) is 1. The smallest absolute Gasteiger partial charge is 0.127 e. The Balaban J connectivity index is 1.65. The number of benzene rings is 3. The molecule has 2 heteroatoms. The fraction of sp³-hybridized carbons (Fsp3) is 0.143. The van der Waals surface area contributed by atoms with Gasteiger partial charge in [0.15, 0.2) is 0 Å². The molecule has 0 radical (unpaired) electrons. The number of nitrogens with one attached hydrogen (secondary N) is 1. The molecule has 0 spiro atoms. The van der Waals surface area contributed by atoms with Gasteiger partial charge < -0.3 is 10.1 Å². The minimum absolute atomic E-state index is 0.535. The van der Waals surface area contributed by atoms with Gasteiger partial charge in [0, 0.05) is 11.4 Å². The van der Waals surface area contributed by atoms with Crippen LogP contribution in [0, 0.1) is 0 Å². The molecule has 0 aliphatic rings. The fourth-order valence-electron chi connectivity index (χ4n) is 2.35. The molecule has 0 aromatic heterocycles. The van der Waals surface area contributed by atoms with E-state index in [-0.39, 0.29) is 0 Å². The van der Waals surface area contributed by atoms with Crippen LogP contribution in [0.25, 0.3) is 0 Å². The van der Waals surface area contributed by atoms with Crippen molar-refractivity contribution in [3.05, 3.63) is 84.4 Å². The summed E-state index contributed by atoms with van der Waals surface area (Å²) in [6.07, 6.45) is 0. The minimum Gasteiger partial charge on any atom is -0.457 e. The van der Waals surface area contributed by atoms with E-state index in [0.717, 1.165) is 22.9 Å². The summed E-state index contributed by atoms with van der Waals surface area (Å²) in [5.41, 5.74) is 3.43. The van der Waals surface area contributed by atoms with Crippen LogP contribution in [0.3, 0.4) is 0 Å². The minimum atomic E-state index is 0.535. The molecule has 0 amide bonds. The Labute approximate surface area is 137 Å². The predicted molar refractivity (Wildman–Crippen MR) is 96.8 cm³/mol. The summed E-state index contributed by atoms with van der Waals surface area (Å²) in [7, 11) is 0. The van der Waals surface area contributed by atoms with Crippen molar-refractivity contribution in [1.29, 1.82) is 0 Å². The Morgan fingerprint density at radius 1 is 0.652 bits per heavy atom. The molecule has 0 saturated heterocycles. The van der Waals surface area contributed by atoms with Gasteiger partial charge in [0.25, 0.3) is 0 Å². The normalized spacial score (nSPS) is 10.6. The van der Waals surface area contributed by atoms with Crippen molar-refractivity contribution < 1.29 is 4.74 Å². The monoisotopic (exact) mass is 303 g/mol. The molecule has 0 bridgehead atoms. The molecule has 0 fully saturated rings. The van der Waals surface area contributed by atoms with Crippen LogP contribution in [0.1, 0.15) is 25.3 Å². The maximum atomic E-state index is 5.89. The van der Waals surface area contributed by atoms with E-state index in [1.807, 2.05) is 66.7 Å². The van der Waals surface area contributed by atoms with Crippen molar-refractivity contribution in [3.63, 3.8) is 0 Å². The van der Waals surface area contributed by atoms with Crippen LogP contribution in [-0.4, -0.2) is 0 Å². The van der Waals surface area contributed by atoms with Crippen molar-refractivity contribution in [2.45, 2.75) is 19.8 Å². The lowest BCUT2D eigenvalue weighted by atomic mass is 10.0. The first-order valence-electron chi connectivity index (χ1n) is 7.91. The molecule has 3 rings (SSSR count). The number of para-hydroxylation sites is 1. The second-order valence-corrected chi connectivity index (χ2v) is 5.84. The zero-order chi connectivity index (χ0) is 16.1. The highest BCUT2D eigenvalue weighted by molar-refractivity contribution is 5.60. The molecule has 0 unspecified atom stereocenters. The van der Waals surface area contributed by atoms with Gasteiger partial charge in [0.1, 0.15) is 11.5 Å². The first-order valence-corrected chi connectivity index (χ1v) is 7.91. The van der Waals surface area contributed by atoms with Gasteiger partial charge in [-0.05, 0) is 60.0 Å². The molecule has 116 valence electrons.